The molecule has 1 heterocycles. The van der Waals surface area contributed by atoms with E-state index < -0.39 is 16.9 Å². The first-order chi connectivity index (χ1) is 9.24. The lowest BCUT2D eigenvalue weighted by Gasteiger charge is -2.40. The van der Waals surface area contributed by atoms with E-state index in [1.807, 2.05) is 20.8 Å². The molecule has 1 aliphatic rings. The molecule has 3 N–H and O–H groups in total. The Labute approximate surface area is 120 Å². The lowest BCUT2D eigenvalue weighted by Crippen LogP contribution is -2.60. The average Bonchev–Trinajstić information content (AvgIpc) is 2.44. The summed E-state index contributed by atoms with van der Waals surface area (Å²) >= 11 is 0. The predicted molar refractivity (Wildman–Crippen MR) is 77.6 cm³/mol. The normalized spacial score (nSPS) is 20.2. The molecule has 1 atom stereocenters. The van der Waals surface area contributed by atoms with Crippen LogP contribution in [0.2, 0.25) is 0 Å². The number of carboxylic acids is 1. The smallest absolute Gasteiger partial charge is 0.311 e. The minimum Gasteiger partial charge on any atom is -0.481 e. The number of hydrogen-bond donors (Lipinski definition) is 3. The number of amides is 1. The average molecular weight is 285 g/mol. The molecule has 6 heteroatoms. The first kappa shape index (κ1) is 16.9. The van der Waals surface area contributed by atoms with Gasteiger partial charge in [-0.15, -0.1) is 0 Å². The largest absolute Gasteiger partial charge is 0.481 e. The zero-order chi connectivity index (χ0) is 15.4. The second-order valence-corrected chi connectivity index (χ2v) is 6.20. The van der Waals surface area contributed by atoms with Crippen LogP contribution in [0.1, 0.15) is 34.1 Å². The Bertz CT molecular complexity index is 365. The fourth-order valence-corrected chi connectivity index (χ4v) is 2.21. The van der Waals surface area contributed by atoms with Crippen LogP contribution >= 0.6 is 0 Å². The molecule has 1 rings (SSSR count). The van der Waals surface area contributed by atoms with Crippen LogP contribution in [0.5, 0.6) is 0 Å². The van der Waals surface area contributed by atoms with Crippen molar-refractivity contribution in [1.82, 2.24) is 15.5 Å². The quantitative estimate of drug-likeness (QED) is 0.653. The van der Waals surface area contributed by atoms with Crippen molar-refractivity contribution in [1.29, 1.82) is 0 Å². The molecule has 0 aromatic carbocycles. The third-order valence-corrected chi connectivity index (χ3v) is 4.40. The molecule has 0 aromatic heterocycles. The maximum atomic E-state index is 12.4. The van der Waals surface area contributed by atoms with Crippen LogP contribution in [0.25, 0.3) is 0 Å². The first-order valence-corrected chi connectivity index (χ1v) is 7.21. The number of nitrogens with one attached hydrogen (secondary N) is 2. The summed E-state index contributed by atoms with van der Waals surface area (Å²) in [5, 5.41) is 15.3. The molecule has 1 amide bonds. The molecule has 1 unspecified atom stereocenters. The van der Waals surface area contributed by atoms with E-state index in [0.717, 1.165) is 26.2 Å². The van der Waals surface area contributed by atoms with Gasteiger partial charge in [0.15, 0.2) is 0 Å². The molecular weight excluding hydrogens is 258 g/mol. The Hall–Kier alpha value is -1.14. The van der Waals surface area contributed by atoms with E-state index in [9.17, 15) is 14.7 Å². The fraction of sp³-hybridized carbons (Fsp3) is 0.857. The standard InChI is InChI=1S/C14H27N3O3/c1-5-14(4,12(19)20)10-16-11(18)13(2,3)17-8-6-15-7-9-17/h15H,5-10H2,1-4H3,(H,16,18)(H,19,20). The van der Waals surface area contributed by atoms with Gasteiger partial charge in [0.1, 0.15) is 0 Å². The third-order valence-electron chi connectivity index (χ3n) is 4.40. The van der Waals surface area contributed by atoms with E-state index in [1.165, 1.54) is 0 Å². The summed E-state index contributed by atoms with van der Waals surface area (Å²) in [5.74, 6) is -0.986. The van der Waals surface area contributed by atoms with Gasteiger partial charge in [-0.25, -0.2) is 0 Å². The summed E-state index contributed by atoms with van der Waals surface area (Å²) < 4.78 is 0. The van der Waals surface area contributed by atoms with Gasteiger partial charge >= 0.3 is 5.97 Å². The molecular formula is C14H27N3O3. The van der Waals surface area contributed by atoms with Crippen LogP contribution in [0.3, 0.4) is 0 Å². The van der Waals surface area contributed by atoms with Gasteiger partial charge in [0.25, 0.3) is 0 Å². The fourth-order valence-electron chi connectivity index (χ4n) is 2.21. The zero-order valence-electron chi connectivity index (χ0n) is 13.0. The molecule has 0 radical (unpaired) electrons. The Balaban J connectivity index is 2.62. The number of carbonyl (C=O) groups is 2. The van der Waals surface area contributed by atoms with Crippen molar-refractivity contribution in [2.24, 2.45) is 5.41 Å². The molecule has 0 spiro atoms. The van der Waals surface area contributed by atoms with Crippen molar-refractivity contribution in [3.8, 4) is 0 Å². The number of aliphatic carboxylic acids is 1. The molecule has 1 fully saturated rings. The SMILES string of the molecule is CCC(C)(CNC(=O)C(C)(C)N1CCNCC1)C(=O)O. The highest BCUT2D eigenvalue weighted by molar-refractivity contribution is 5.86. The number of hydrogen-bond acceptors (Lipinski definition) is 4. The lowest BCUT2D eigenvalue weighted by atomic mass is 9.87. The van der Waals surface area contributed by atoms with Gasteiger partial charge in [-0.05, 0) is 27.2 Å². The van der Waals surface area contributed by atoms with Gasteiger partial charge in [-0.2, -0.15) is 0 Å². The molecule has 0 bridgehead atoms. The number of carbonyl (C=O) groups excluding carboxylic acids is 1. The van der Waals surface area contributed by atoms with E-state index >= 15 is 0 Å². The summed E-state index contributed by atoms with van der Waals surface area (Å²) in [4.78, 5) is 25.8. The summed E-state index contributed by atoms with van der Waals surface area (Å²) in [6.07, 6.45) is 0.483. The van der Waals surface area contributed by atoms with Crippen molar-refractivity contribution in [3.63, 3.8) is 0 Å². The van der Waals surface area contributed by atoms with Gasteiger partial charge in [0.2, 0.25) is 5.91 Å². The highest BCUT2D eigenvalue weighted by atomic mass is 16.4. The molecule has 0 aliphatic carbocycles. The van der Waals surface area contributed by atoms with Crippen LogP contribution in [-0.4, -0.2) is 60.1 Å². The molecule has 6 nitrogen and oxygen atoms in total. The maximum absolute atomic E-state index is 12.4. The van der Waals surface area contributed by atoms with Crippen LogP contribution in [0.4, 0.5) is 0 Å². The van der Waals surface area contributed by atoms with Crippen molar-refractivity contribution in [2.45, 2.75) is 39.7 Å². The van der Waals surface area contributed by atoms with Gasteiger partial charge in [0.05, 0.1) is 11.0 Å². The zero-order valence-corrected chi connectivity index (χ0v) is 13.0. The van der Waals surface area contributed by atoms with Crippen molar-refractivity contribution in [3.05, 3.63) is 0 Å². The van der Waals surface area contributed by atoms with Crippen LogP contribution in [-0.2, 0) is 9.59 Å². The lowest BCUT2D eigenvalue weighted by molar-refractivity contribution is -0.148. The van der Waals surface area contributed by atoms with Gasteiger partial charge in [-0.3, -0.25) is 14.5 Å². The number of piperazine rings is 1. The Morgan fingerprint density at radius 1 is 1.25 bits per heavy atom. The molecule has 1 saturated heterocycles. The van der Waals surface area contributed by atoms with E-state index in [2.05, 4.69) is 15.5 Å². The van der Waals surface area contributed by atoms with E-state index in [4.69, 9.17) is 0 Å². The van der Waals surface area contributed by atoms with Crippen molar-refractivity contribution < 1.29 is 14.7 Å². The van der Waals surface area contributed by atoms with Crippen molar-refractivity contribution in [2.75, 3.05) is 32.7 Å². The second-order valence-electron chi connectivity index (χ2n) is 6.20. The Kier molecular flexibility index (Phi) is 5.53. The highest BCUT2D eigenvalue weighted by Gasteiger charge is 2.37. The highest BCUT2D eigenvalue weighted by Crippen LogP contribution is 2.21. The number of carboxylic acid groups (broad SMARTS) is 1. The second kappa shape index (κ2) is 6.54. The van der Waals surface area contributed by atoms with Gasteiger partial charge < -0.3 is 15.7 Å². The topological polar surface area (TPSA) is 81.7 Å². The molecule has 1 aliphatic heterocycles. The summed E-state index contributed by atoms with van der Waals surface area (Å²) in [6, 6.07) is 0. The van der Waals surface area contributed by atoms with Crippen LogP contribution < -0.4 is 10.6 Å². The summed E-state index contributed by atoms with van der Waals surface area (Å²) in [6.45, 7) is 10.8. The van der Waals surface area contributed by atoms with Gasteiger partial charge in [-0.1, -0.05) is 6.92 Å². The number of rotatable bonds is 6. The first-order valence-electron chi connectivity index (χ1n) is 7.21. The maximum Gasteiger partial charge on any atom is 0.311 e. The third kappa shape index (κ3) is 3.70. The van der Waals surface area contributed by atoms with E-state index in [1.54, 1.807) is 6.92 Å². The Morgan fingerprint density at radius 2 is 1.80 bits per heavy atom. The van der Waals surface area contributed by atoms with Gasteiger partial charge in [0, 0.05) is 32.7 Å². The van der Waals surface area contributed by atoms with Crippen molar-refractivity contribution >= 4 is 11.9 Å². The van der Waals surface area contributed by atoms with Crippen LogP contribution in [0.15, 0.2) is 0 Å². The predicted octanol–water partition coefficient (Wildman–Crippen LogP) is 0.287. The minimum absolute atomic E-state index is 0.111. The van der Waals surface area contributed by atoms with E-state index in [-0.39, 0.29) is 12.5 Å². The van der Waals surface area contributed by atoms with E-state index in [0.29, 0.717) is 6.42 Å². The van der Waals surface area contributed by atoms with Crippen LogP contribution in [0, 0.1) is 5.41 Å². The molecule has 20 heavy (non-hydrogen) atoms. The monoisotopic (exact) mass is 285 g/mol. The molecule has 0 aromatic rings. The summed E-state index contributed by atoms with van der Waals surface area (Å²) in [5.41, 5.74) is -1.52. The minimum atomic E-state index is -0.908. The summed E-state index contributed by atoms with van der Waals surface area (Å²) in [7, 11) is 0. The Morgan fingerprint density at radius 3 is 2.25 bits per heavy atom. The molecule has 0 saturated carbocycles. The molecule has 116 valence electrons. The number of nitrogens with zero attached hydrogens (tertiary/aromatic N) is 1.